The van der Waals surface area contributed by atoms with E-state index >= 15 is 0 Å². The van der Waals surface area contributed by atoms with Crippen LogP contribution in [-0.4, -0.2) is 16.0 Å². The van der Waals surface area contributed by atoms with Gasteiger partial charge in [-0.1, -0.05) is 46.3 Å². The van der Waals surface area contributed by atoms with Crippen LogP contribution in [0.15, 0.2) is 30.3 Å². The SMILES string of the molecule is N#CC(Br)(CCCl)C(=O)c1ccccc1. The molecule has 0 saturated heterocycles. The Morgan fingerprint density at radius 2 is 2.07 bits per heavy atom. The minimum atomic E-state index is -1.20. The molecule has 0 aromatic heterocycles. The van der Waals surface area contributed by atoms with Gasteiger partial charge >= 0.3 is 0 Å². The molecule has 1 atom stereocenters. The van der Waals surface area contributed by atoms with Crippen LogP contribution in [0.25, 0.3) is 0 Å². The summed E-state index contributed by atoms with van der Waals surface area (Å²) >= 11 is 8.71. The van der Waals surface area contributed by atoms with Crippen LogP contribution in [0.5, 0.6) is 0 Å². The number of alkyl halides is 2. The number of nitrogens with zero attached hydrogens (tertiary/aromatic N) is 1. The van der Waals surface area contributed by atoms with E-state index < -0.39 is 4.32 Å². The van der Waals surface area contributed by atoms with Crippen molar-refractivity contribution < 1.29 is 4.79 Å². The number of Topliss-reactive ketones (excluding diaryl/α,β-unsaturated/α-hetero) is 1. The van der Waals surface area contributed by atoms with Crippen molar-refractivity contribution in [3.8, 4) is 6.07 Å². The quantitative estimate of drug-likeness (QED) is 0.630. The Labute approximate surface area is 102 Å². The van der Waals surface area contributed by atoms with Crippen molar-refractivity contribution >= 4 is 33.3 Å². The van der Waals surface area contributed by atoms with Gasteiger partial charge in [0.05, 0.1) is 6.07 Å². The lowest BCUT2D eigenvalue weighted by atomic mass is 9.96. The number of halogens is 2. The van der Waals surface area contributed by atoms with Crippen LogP contribution in [0.1, 0.15) is 16.8 Å². The molecule has 78 valence electrons. The number of benzene rings is 1. The van der Waals surface area contributed by atoms with E-state index in [0.717, 1.165) is 0 Å². The summed E-state index contributed by atoms with van der Waals surface area (Å²) in [6.45, 7) is 0. The number of hydrogen-bond donors (Lipinski definition) is 0. The van der Waals surface area contributed by atoms with Gasteiger partial charge in [-0.05, 0) is 6.42 Å². The zero-order valence-electron chi connectivity index (χ0n) is 7.91. The summed E-state index contributed by atoms with van der Waals surface area (Å²) in [5.41, 5.74) is 0.515. The molecule has 1 aromatic rings. The number of ketones is 1. The van der Waals surface area contributed by atoms with E-state index in [9.17, 15) is 4.79 Å². The van der Waals surface area contributed by atoms with Crippen LogP contribution in [0.3, 0.4) is 0 Å². The zero-order chi connectivity index (χ0) is 11.3. The van der Waals surface area contributed by atoms with E-state index in [4.69, 9.17) is 16.9 Å². The summed E-state index contributed by atoms with van der Waals surface area (Å²) in [5, 5.41) is 8.97. The summed E-state index contributed by atoms with van der Waals surface area (Å²) in [5.74, 6) is 0.0171. The molecule has 0 amide bonds. The van der Waals surface area contributed by atoms with E-state index in [0.29, 0.717) is 12.0 Å². The second kappa shape index (κ2) is 5.29. The normalized spacial score (nSPS) is 13.9. The Morgan fingerprint density at radius 1 is 1.47 bits per heavy atom. The van der Waals surface area contributed by atoms with Gasteiger partial charge in [0.2, 0.25) is 0 Å². The Hall–Kier alpha value is -0.850. The fraction of sp³-hybridized carbons (Fsp3) is 0.273. The average Bonchev–Trinajstić information content (AvgIpc) is 2.29. The second-order valence-electron chi connectivity index (χ2n) is 3.05. The summed E-state index contributed by atoms with van der Waals surface area (Å²) in [6, 6.07) is 10.7. The predicted molar refractivity (Wildman–Crippen MR) is 63.4 cm³/mol. The molecule has 1 rings (SSSR count). The van der Waals surface area contributed by atoms with Gasteiger partial charge < -0.3 is 0 Å². The number of carbonyl (C=O) groups excluding carboxylic acids is 1. The van der Waals surface area contributed by atoms with Crippen LogP contribution in [-0.2, 0) is 0 Å². The molecule has 0 heterocycles. The van der Waals surface area contributed by atoms with Gasteiger partial charge in [0.15, 0.2) is 10.1 Å². The molecule has 1 unspecified atom stereocenters. The number of nitriles is 1. The van der Waals surface area contributed by atoms with Crippen molar-refractivity contribution in [1.29, 1.82) is 5.26 Å². The van der Waals surface area contributed by atoms with Gasteiger partial charge in [-0.15, -0.1) is 11.6 Å². The Bertz CT molecular complexity index is 387. The van der Waals surface area contributed by atoms with Crippen LogP contribution in [0.2, 0.25) is 0 Å². The van der Waals surface area contributed by atoms with Gasteiger partial charge in [0, 0.05) is 11.4 Å². The zero-order valence-corrected chi connectivity index (χ0v) is 10.3. The fourth-order valence-corrected chi connectivity index (χ4v) is 2.11. The molecule has 0 saturated carbocycles. The summed E-state index contributed by atoms with van der Waals surface area (Å²) in [7, 11) is 0. The van der Waals surface area contributed by atoms with Crippen LogP contribution >= 0.6 is 27.5 Å². The molecule has 0 fully saturated rings. The highest BCUT2D eigenvalue weighted by atomic mass is 79.9. The van der Waals surface area contributed by atoms with Crippen LogP contribution in [0.4, 0.5) is 0 Å². The highest BCUT2D eigenvalue weighted by molar-refractivity contribution is 9.10. The third kappa shape index (κ3) is 2.80. The molecule has 0 aliphatic carbocycles. The summed E-state index contributed by atoms with van der Waals surface area (Å²) in [6.07, 6.45) is 0.290. The predicted octanol–water partition coefficient (Wildman–Crippen LogP) is 3.16. The number of rotatable bonds is 4. The third-order valence-electron chi connectivity index (χ3n) is 2.01. The van der Waals surface area contributed by atoms with E-state index in [1.54, 1.807) is 24.3 Å². The topological polar surface area (TPSA) is 40.9 Å². The molecular weight excluding hydrogens is 277 g/mol. The largest absolute Gasteiger partial charge is 0.291 e. The molecule has 0 aliphatic heterocycles. The maximum atomic E-state index is 12.0. The highest BCUT2D eigenvalue weighted by Crippen LogP contribution is 2.27. The molecule has 0 aliphatic rings. The highest BCUT2D eigenvalue weighted by Gasteiger charge is 2.35. The average molecular weight is 287 g/mol. The first-order valence-electron chi connectivity index (χ1n) is 4.40. The molecule has 15 heavy (non-hydrogen) atoms. The molecule has 0 bridgehead atoms. The van der Waals surface area contributed by atoms with Crippen molar-refractivity contribution in [2.75, 3.05) is 5.88 Å². The first-order chi connectivity index (χ1) is 7.14. The van der Waals surface area contributed by atoms with Gasteiger partial charge in [-0.3, -0.25) is 4.79 Å². The Kier molecular flexibility index (Phi) is 4.31. The summed E-state index contributed by atoms with van der Waals surface area (Å²) in [4.78, 5) is 12.0. The van der Waals surface area contributed by atoms with Gasteiger partial charge in [0.1, 0.15) is 0 Å². The van der Waals surface area contributed by atoms with E-state index in [1.807, 2.05) is 12.1 Å². The van der Waals surface area contributed by atoms with Gasteiger partial charge in [-0.25, -0.2) is 0 Å². The Balaban J connectivity index is 2.98. The van der Waals surface area contributed by atoms with Crippen molar-refractivity contribution in [2.24, 2.45) is 0 Å². The van der Waals surface area contributed by atoms with Gasteiger partial charge in [-0.2, -0.15) is 5.26 Å². The lowest BCUT2D eigenvalue weighted by Crippen LogP contribution is -2.30. The van der Waals surface area contributed by atoms with Crippen molar-refractivity contribution in [3.63, 3.8) is 0 Å². The minimum Gasteiger partial charge on any atom is -0.291 e. The van der Waals surface area contributed by atoms with Crippen LogP contribution in [0, 0.1) is 11.3 Å². The van der Waals surface area contributed by atoms with Crippen molar-refractivity contribution in [1.82, 2.24) is 0 Å². The molecule has 4 heteroatoms. The molecule has 2 nitrogen and oxygen atoms in total. The number of hydrogen-bond acceptors (Lipinski definition) is 2. The third-order valence-corrected chi connectivity index (χ3v) is 3.14. The molecule has 0 N–H and O–H groups in total. The van der Waals surface area contributed by atoms with E-state index in [-0.39, 0.29) is 11.7 Å². The second-order valence-corrected chi connectivity index (χ2v) is 4.78. The number of carbonyl (C=O) groups is 1. The summed E-state index contributed by atoms with van der Waals surface area (Å²) < 4.78 is -1.20. The first kappa shape index (κ1) is 12.2. The standard InChI is InChI=1S/C11H9BrClNO/c12-11(8-14,6-7-13)10(15)9-4-2-1-3-5-9/h1-5H,6-7H2. The lowest BCUT2D eigenvalue weighted by Gasteiger charge is -2.16. The minimum absolute atomic E-state index is 0.244. The smallest absolute Gasteiger partial charge is 0.193 e. The maximum absolute atomic E-state index is 12.0. The van der Waals surface area contributed by atoms with E-state index in [2.05, 4.69) is 15.9 Å². The maximum Gasteiger partial charge on any atom is 0.193 e. The molecule has 1 aromatic carbocycles. The molecule has 0 radical (unpaired) electrons. The monoisotopic (exact) mass is 285 g/mol. The Morgan fingerprint density at radius 3 is 2.53 bits per heavy atom. The van der Waals surface area contributed by atoms with Crippen LogP contribution < -0.4 is 0 Å². The van der Waals surface area contributed by atoms with E-state index in [1.165, 1.54) is 0 Å². The first-order valence-corrected chi connectivity index (χ1v) is 5.73. The lowest BCUT2D eigenvalue weighted by molar-refractivity contribution is 0.0967. The van der Waals surface area contributed by atoms with Gasteiger partial charge in [0.25, 0.3) is 0 Å². The van der Waals surface area contributed by atoms with Crippen molar-refractivity contribution in [3.05, 3.63) is 35.9 Å². The van der Waals surface area contributed by atoms with Crippen molar-refractivity contribution in [2.45, 2.75) is 10.7 Å². The molecule has 0 spiro atoms. The molecular formula is C11H9BrClNO. The fourth-order valence-electron chi connectivity index (χ4n) is 1.17.